The van der Waals surface area contributed by atoms with Crippen molar-refractivity contribution in [3.05, 3.63) is 59.2 Å². The predicted octanol–water partition coefficient (Wildman–Crippen LogP) is 0.0768. The molecule has 0 fully saturated rings. The number of nitrogens with zero attached hydrogens (tertiary/aromatic N) is 1. The van der Waals surface area contributed by atoms with Crippen LogP contribution >= 0.6 is 0 Å². The van der Waals surface area contributed by atoms with Gasteiger partial charge in [-0.2, -0.15) is 8.42 Å². The van der Waals surface area contributed by atoms with E-state index in [1.54, 1.807) is 0 Å². The molecule has 1 N–H and O–H groups in total. The van der Waals surface area contributed by atoms with E-state index in [2.05, 4.69) is 20.8 Å². The summed E-state index contributed by atoms with van der Waals surface area (Å²) in [5.74, 6) is -1.49. The standard InChI is InChI=1S/C19H19NO5S.Na.H/c1-19(2,3)13-6-4-5-12(9-13)11-20-16-8-7-14(26(23,24)25)10-15(16)17(21)18(20)22;;/h4-10H,11H2,1-3H3,(H,23,24,25);;/q;+1;-1. The summed E-state index contributed by atoms with van der Waals surface area (Å²) in [5.41, 5.74) is 2.24. The van der Waals surface area contributed by atoms with Gasteiger partial charge in [0.05, 0.1) is 22.7 Å². The molecule has 1 amide bonds. The topological polar surface area (TPSA) is 91.8 Å². The molecule has 0 radical (unpaired) electrons. The number of Topliss-reactive ketones (excluding diaryl/α,β-unsaturated/α-hetero) is 1. The van der Waals surface area contributed by atoms with E-state index >= 15 is 0 Å². The Hall–Kier alpha value is -1.51. The van der Waals surface area contributed by atoms with Crippen molar-refractivity contribution in [1.82, 2.24) is 0 Å². The van der Waals surface area contributed by atoms with E-state index in [1.807, 2.05) is 24.3 Å². The molecule has 27 heavy (non-hydrogen) atoms. The quantitative estimate of drug-likeness (QED) is 0.450. The first kappa shape index (κ1) is 21.8. The van der Waals surface area contributed by atoms with E-state index in [1.165, 1.54) is 17.0 Å². The third-order valence-electron chi connectivity index (χ3n) is 4.37. The Bertz CT molecular complexity index is 1030. The van der Waals surface area contributed by atoms with Gasteiger partial charge in [-0.15, -0.1) is 0 Å². The minimum absolute atomic E-state index is 0. The summed E-state index contributed by atoms with van der Waals surface area (Å²) < 4.78 is 31.7. The van der Waals surface area contributed by atoms with Crippen molar-refractivity contribution in [2.24, 2.45) is 0 Å². The Labute approximate surface area is 182 Å². The van der Waals surface area contributed by atoms with Crippen LogP contribution in [0.4, 0.5) is 5.69 Å². The van der Waals surface area contributed by atoms with Gasteiger partial charge in [0.15, 0.2) is 0 Å². The molecule has 0 atom stereocenters. The zero-order valence-electron chi connectivity index (χ0n) is 16.7. The van der Waals surface area contributed by atoms with Gasteiger partial charge in [-0.1, -0.05) is 45.0 Å². The first-order valence-electron chi connectivity index (χ1n) is 8.05. The molecule has 0 bridgehead atoms. The Balaban J connectivity index is 0.00000196. The van der Waals surface area contributed by atoms with Crippen molar-refractivity contribution in [1.29, 1.82) is 0 Å². The van der Waals surface area contributed by atoms with Gasteiger partial charge in [0.1, 0.15) is 0 Å². The summed E-state index contributed by atoms with van der Waals surface area (Å²) in [5, 5.41) is 0. The molecule has 6 nitrogen and oxygen atoms in total. The van der Waals surface area contributed by atoms with E-state index < -0.39 is 26.7 Å². The molecule has 2 aromatic carbocycles. The van der Waals surface area contributed by atoms with Crippen LogP contribution in [0.25, 0.3) is 0 Å². The molecule has 1 aliphatic heterocycles. The van der Waals surface area contributed by atoms with Gasteiger partial charge in [0.2, 0.25) is 0 Å². The molecular weight excluding hydrogens is 377 g/mol. The van der Waals surface area contributed by atoms with Crippen LogP contribution in [0.3, 0.4) is 0 Å². The first-order chi connectivity index (χ1) is 12.0. The van der Waals surface area contributed by atoms with E-state index in [9.17, 15) is 18.0 Å². The molecular formula is C19H20NNaO5S. The van der Waals surface area contributed by atoms with Crippen LogP contribution in [0.1, 0.15) is 43.7 Å². The molecule has 1 heterocycles. The molecule has 1 aliphatic rings. The maximum Gasteiger partial charge on any atom is 1.00 e. The number of hydrogen-bond acceptors (Lipinski definition) is 4. The Kier molecular flexibility index (Phi) is 6.04. The van der Waals surface area contributed by atoms with Crippen LogP contribution in [0.5, 0.6) is 0 Å². The number of carbonyl (C=O) groups excluding carboxylic acids is 2. The predicted molar refractivity (Wildman–Crippen MR) is 98.0 cm³/mol. The van der Waals surface area contributed by atoms with E-state index in [-0.39, 0.29) is 48.5 Å². The summed E-state index contributed by atoms with van der Waals surface area (Å²) in [6, 6.07) is 11.4. The number of ketones is 1. The van der Waals surface area contributed by atoms with E-state index in [0.29, 0.717) is 5.69 Å². The first-order valence-corrected chi connectivity index (χ1v) is 9.49. The van der Waals surface area contributed by atoms with Gasteiger partial charge in [0.25, 0.3) is 21.8 Å². The number of anilines is 1. The number of rotatable bonds is 3. The van der Waals surface area contributed by atoms with Gasteiger partial charge in [0, 0.05) is 0 Å². The van der Waals surface area contributed by atoms with Gasteiger partial charge in [-0.25, -0.2) is 0 Å². The van der Waals surface area contributed by atoms with Crippen molar-refractivity contribution in [3.63, 3.8) is 0 Å². The zero-order valence-corrected chi connectivity index (χ0v) is 18.5. The molecule has 0 saturated heterocycles. The SMILES string of the molecule is CC(C)(C)c1cccc(CN2C(=O)C(=O)c3cc(S(=O)(=O)O)ccc32)c1.[H-].[Na+]. The van der Waals surface area contributed by atoms with Crippen LogP contribution < -0.4 is 34.5 Å². The van der Waals surface area contributed by atoms with Crippen molar-refractivity contribution in [2.45, 2.75) is 37.6 Å². The average Bonchev–Trinajstić information content (AvgIpc) is 2.78. The fourth-order valence-corrected chi connectivity index (χ4v) is 3.42. The fourth-order valence-electron chi connectivity index (χ4n) is 2.92. The van der Waals surface area contributed by atoms with E-state index in [0.717, 1.165) is 17.2 Å². The van der Waals surface area contributed by atoms with Crippen molar-refractivity contribution >= 4 is 27.5 Å². The molecule has 2 aromatic rings. The second kappa shape index (κ2) is 7.48. The minimum atomic E-state index is -4.45. The molecule has 0 saturated carbocycles. The number of hydrogen-bond donors (Lipinski definition) is 1. The van der Waals surface area contributed by atoms with Gasteiger partial charge >= 0.3 is 29.6 Å². The third kappa shape index (κ3) is 4.33. The minimum Gasteiger partial charge on any atom is -1.00 e. The summed E-state index contributed by atoms with van der Waals surface area (Å²) >= 11 is 0. The van der Waals surface area contributed by atoms with Crippen molar-refractivity contribution < 1.29 is 53.5 Å². The average molecular weight is 397 g/mol. The van der Waals surface area contributed by atoms with Gasteiger partial charge < -0.3 is 6.33 Å². The Morgan fingerprint density at radius 1 is 1.07 bits per heavy atom. The number of benzene rings is 2. The molecule has 3 rings (SSSR count). The summed E-state index contributed by atoms with van der Waals surface area (Å²) in [4.78, 5) is 25.5. The number of carbonyl (C=O) groups is 2. The van der Waals surface area contributed by atoms with Gasteiger partial charge in [-0.05, 0) is 34.7 Å². The van der Waals surface area contributed by atoms with E-state index in [4.69, 9.17) is 4.55 Å². The van der Waals surface area contributed by atoms with Crippen LogP contribution in [-0.2, 0) is 26.9 Å². The summed E-state index contributed by atoms with van der Waals surface area (Å²) in [7, 11) is -4.45. The largest absolute Gasteiger partial charge is 1.00 e. The van der Waals surface area contributed by atoms with Crippen molar-refractivity contribution in [2.75, 3.05) is 4.90 Å². The second-order valence-corrected chi connectivity index (χ2v) is 8.75. The maximum atomic E-state index is 12.4. The summed E-state index contributed by atoms with van der Waals surface area (Å²) in [6.07, 6.45) is 0. The molecule has 8 heteroatoms. The monoisotopic (exact) mass is 397 g/mol. The third-order valence-corrected chi connectivity index (χ3v) is 5.22. The number of fused-ring (bicyclic) bond motifs is 1. The van der Waals surface area contributed by atoms with Crippen LogP contribution in [0.2, 0.25) is 0 Å². The van der Waals surface area contributed by atoms with Crippen LogP contribution in [-0.4, -0.2) is 24.7 Å². The zero-order chi connectivity index (χ0) is 19.3. The normalized spacial score (nSPS) is 14.1. The number of amides is 1. The van der Waals surface area contributed by atoms with Crippen LogP contribution in [0.15, 0.2) is 47.4 Å². The summed E-state index contributed by atoms with van der Waals surface area (Å²) in [6.45, 7) is 6.46. The van der Waals surface area contributed by atoms with Gasteiger partial charge in [-0.3, -0.25) is 14.1 Å². The Morgan fingerprint density at radius 3 is 2.33 bits per heavy atom. The molecule has 0 aromatic heterocycles. The second-order valence-electron chi connectivity index (χ2n) is 7.32. The smallest absolute Gasteiger partial charge is 1.00 e. The fraction of sp³-hybridized carbons (Fsp3) is 0.263. The van der Waals surface area contributed by atoms with Crippen LogP contribution in [0, 0.1) is 0 Å². The van der Waals surface area contributed by atoms with Crippen molar-refractivity contribution in [3.8, 4) is 0 Å². The molecule has 0 spiro atoms. The molecule has 0 unspecified atom stereocenters. The maximum absolute atomic E-state index is 12.4. The molecule has 0 aliphatic carbocycles. The Morgan fingerprint density at radius 2 is 1.74 bits per heavy atom. The molecule has 138 valence electrons.